The summed E-state index contributed by atoms with van der Waals surface area (Å²) < 4.78 is 52.7. The average molecular weight is 555 g/mol. The summed E-state index contributed by atoms with van der Waals surface area (Å²) >= 11 is 0. The van der Waals surface area contributed by atoms with Crippen LogP contribution in [0, 0.1) is 12.7 Å². The second-order valence-electron chi connectivity index (χ2n) is 8.92. The second-order valence-corrected chi connectivity index (χ2v) is 10.9. The molecule has 0 aliphatic carbocycles. The first-order valence-electron chi connectivity index (χ1n) is 12.1. The molecule has 2 aromatic heterocycles. The Morgan fingerprint density at radius 3 is 2.51 bits per heavy atom. The van der Waals surface area contributed by atoms with Gasteiger partial charge in [-0.2, -0.15) is 14.3 Å². The molecule has 0 atom stereocenters. The fraction of sp³-hybridized carbons (Fsp3) is 0.280. The van der Waals surface area contributed by atoms with Crippen LogP contribution < -0.4 is 15.4 Å². The molecule has 1 saturated heterocycles. The summed E-state index contributed by atoms with van der Waals surface area (Å²) in [5.74, 6) is 0.852. The number of hydrogen-bond acceptors (Lipinski definition) is 11. The normalized spacial score (nSPS) is 14.7. The molecule has 2 aromatic carbocycles. The molecule has 4 aromatic rings. The summed E-state index contributed by atoms with van der Waals surface area (Å²) in [5, 5.41) is 9.65. The van der Waals surface area contributed by atoms with Crippen LogP contribution in [0.5, 0.6) is 5.75 Å². The van der Waals surface area contributed by atoms with E-state index in [0.29, 0.717) is 55.0 Å². The third kappa shape index (κ3) is 6.47. The molecular weight excluding hydrogens is 527 g/mol. The zero-order valence-corrected chi connectivity index (χ0v) is 22.2. The van der Waals surface area contributed by atoms with Gasteiger partial charge < -0.3 is 24.8 Å². The zero-order valence-electron chi connectivity index (χ0n) is 21.3. The number of hydrogen-bond donors (Lipinski definition) is 2. The quantitative estimate of drug-likeness (QED) is 0.315. The van der Waals surface area contributed by atoms with Crippen LogP contribution in [0.2, 0.25) is 0 Å². The Morgan fingerprint density at radius 2 is 1.79 bits per heavy atom. The number of ether oxygens (including phenoxy) is 1. The average Bonchev–Trinajstić information content (AvgIpc) is 3.35. The lowest BCUT2D eigenvalue weighted by atomic mass is 10.3. The van der Waals surface area contributed by atoms with E-state index in [2.05, 4.69) is 35.6 Å². The summed E-state index contributed by atoms with van der Waals surface area (Å²) in [7, 11) is -1.68. The SMILES string of the molecule is Cc1nc(COc2ccc(Nc3nc(Nc4cccc(S(=O)(=O)N5CCN(C)CC5)c4)ncc3F)cc2)no1. The molecule has 0 bridgehead atoms. The number of anilines is 4. The Bertz CT molecular complexity index is 1540. The van der Waals surface area contributed by atoms with E-state index >= 15 is 0 Å². The Labute approximate surface area is 224 Å². The maximum atomic E-state index is 14.5. The van der Waals surface area contributed by atoms with Crippen LogP contribution in [0.15, 0.2) is 64.1 Å². The van der Waals surface area contributed by atoms with Gasteiger partial charge in [0.15, 0.2) is 18.2 Å². The summed E-state index contributed by atoms with van der Waals surface area (Å²) in [4.78, 5) is 14.5. The Balaban J connectivity index is 1.25. The number of aromatic nitrogens is 4. The van der Waals surface area contributed by atoms with Crippen molar-refractivity contribution in [2.24, 2.45) is 0 Å². The minimum absolute atomic E-state index is 0.0512. The largest absolute Gasteiger partial charge is 0.485 e. The molecule has 12 nitrogen and oxygen atoms in total. The van der Waals surface area contributed by atoms with Crippen LogP contribution in [0.4, 0.5) is 27.5 Å². The predicted molar refractivity (Wildman–Crippen MR) is 141 cm³/mol. The van der Waals surface area contributed by atoms with Crippen molar-refractivity contribution >= 4 is 33.2 Å². The van der Waals surface area contributed by atoms with Gasteiger partial charge in [-0.15, -0.1) is 0 Å². The first-order chi connectivity index (χ1) is 18.8. The van der Waals surface area contributed by atoms with E-state index in [-0.39, 0.29) is 23.3 Å². The van der Waals surface area contributed by atoms with Crippen LogP contribution in [-0.4, -0.2) is 71.0 Å². The van der Waals surface area contributed by atoms with Crippen LogP contribution in [0.25, 0.3) is 0 Å². The number of rotatable bonds is 9. The minimum atomic E-state index is -3.65. The van der Waals surface area contributed by atoms with Crippen molar-refractivity contribution in [3.05, 3.63) is 72.3 Å². The first-order valence-corrected chi connectivity index (χ1v) is 13.6. The number of likely N-dealkylation sites (N-methyl/N-ethyl adjacent to an activating group) is 1. The third-order valence-corrected chi connectivity index (χ3v) is 7.88. The topological polar surface area (TPSA) is 139 Å². The predicted octanol–water partition coefficient (Wildman–Crippen LogP) is 3.31. The number of nitrogens with one attached hydrogen (secondary N) is 2. The first kappa shape index (κ1) is 26.5. The van der Waals surface area contributed by atoms with Gasteiger partial charge in [0.1, 0.15) is 5.75 Å². The van der Waals surface area contributed by atoms with E-state index in [1.54, 1.807) is 49.4 Å². The van der Waals surface area contributed by atoms with Crippen molar-refractivity contribution < 1.29 is 22.1 Å². The van der Waals surface area contributed by atoms with E-state index in [4.69, 9.17) is 9.26 Å². The molecule has 14 heteroatoms. The van der Waals surface area contributed by atoms with Crippen molar-refractivity contribution in [3.63, 3.8) is 0 Å². The fourth-order valence-corrected chi connectivity index (χ4v) is 5.34. The Hall–Kier alpha value is -4.14. The van der Waals surface area contributed by atoms with Gasteiger partial charge in [-0.1, -0.05) is 11.2 Å². The molecule has 3 heterocycles. The van der Waals surface area contributed by atoms with Crippen LogP contribution in [0.3, 0.4) is 0 Å². The smallest absolute Gasteiger partial charge is 0.243 e. The van der Waals surface area contributed by atoms with Crippen molar-refractivity contribution in [3.8, 4) is 5.75 Å². The molecule has 0 unspecified atom stereocenters. The minimum Gasteiger partial charge on any atom is -0.485 e. The molecule has 2 N–H and O–H groups in total. The summed E-state index contributed by atoms with van der Waals surface area (Å²) in [6.45, 7) is 4.05. The molecule has 5 rings (SSSR count). The standard InChI is InChI=1S/C25H27FN8O4S/c1-17-28-23(32-38-17)16-37-20-8-6-18(7-9-20)29-24-22(26)15-27-25(31-24)30-19-4-3-5-21(14-19)39(35,36)34-12-10-33(2)11-13-34/h3-9,14-15H,10-13,16H2,1-2H3,(H2,27,29,30,31). The van der Waals surface area contributed by atoms with Gasteiger partial charge in [0, 0.05) is 44.5 Å². The Kier molecular flexibility index (Phi) is 7.67. The maximum Gasteiger partial charge on any atom is 0.243 e. The molecule has 39 heavy (non-hydrogen) atoms. The van der Waals surface area contributed by atoms with Crippen molar-refractivity contribution in [2.45, 2.75) is 18.4 Å². The highest BCUT2D eigenvalue weighted by Crippen LogP contribution is 2.25. The number of sulfonamides is 1. The number of benzene rings is 2. The van der Waals surface area contributed by atoms with Gasteiger partial charge in [-0.05, 0) is 49.5 Å². The molecule has 1 aliphatic heterocycles. The molecular formula is C25H27FN8O4S. The van der Waals surface area contributed by atoms with E-state index in [0.717, 1.165) is 6.20 Å². The highest BCUT2D eigenvalue weighted by atomic mass is 32.2. The van der Waals surface area contributed by atoms with Gasteiger partial charge in [0.2, 0.25) is 27.7 Å². The number of aryl methyl sites for hydroxylation is 1. The molecule has 0 saturated carbocycles. The number of piperazine rings is 1. The van der Waals surface area contributed by atoms with E-state index < -0.39 is 15.8 Å². The summed E-state index contributed by atoms with van der Waals surface area (Å²) in [6, 6.07) is 13.2. The molecule has 0 spiro atoms. The van der Waals surface area contributed by atoms with Crippen molar-refractivity contribution in [1.29, 1.82) is 0 Å². The van der Waals surface area contributed by atoms with E-state index in [1.807, 2.05) is 7.05 Å². The zero-order chi connectivity index (χ0) is 27.4. The van der Waals surface area contributed by atoms with E-state index in [9.17, 15) is 12.8 Å². The summed E-state index contributed by atoms with van der Waals surface area (Å²) in [6.07, 6.45) is 1.03. The van der Waals surface area contributed by atoms with E-state index in [1.165, 1.54) is 10.4 Å². The lowest BCUT2D eigenvalue weighted by molar-refractivity contribution is 0.222. The second kappa shape index (κ2) is 11.3. The van der Waals surface area contributed by atoms with Crippen LogP contribution >= 0.6 is 0 Å². The lowest BCUT2D eigenvalue weighted by Gasteiger charge is -2.31. The van der Waals surface area contributed by atoms with Gasteiger partial charge in [-0.3, -0.25) is 0 Å². The summed E-state index contributed by atoms with van der Waals surface area (Å²) in [5.41, 5.74) is 1.03. The number of nitrogens with zero attached hydrogens (tertiary/aromatic N) is 6. The highest BCUT2D eigenvalue weighted by molar-refractivity contribution is 7.89. The van der Waals surface area contributed by atoms with Gasteiger partial charge in [0.05, 0.1) is 11.1 Å². The van der Waals surface area contributed by atoms with Gasteiger partial charge in [0.25, 0.3) is 0 Å². The Morgan fingerprint density at radius 1 is 1.03 bits per heavy atom. The van der Waals surface area contributed by atoms with Crippen molar-refractivity contribution in [2.75, 3.05) is 43.9 Å². The van der Waals surface area contributed by atoms with Gasteiger partial charge >= 0.3 is 0 Å². The lowest BCUT2D eigenvalue weighted by Crippen LogP contribution is -2.47. The number of halogens is 1. The molecule has 1 fully saturated rings. The molecule has 0 radical (unpaired) electrons. The maximum absolute atomic E-state index is 14.5. The van der Waals surface area contributed by atoms with Crippen LogP contribution in [-0.2, 0) is 16.6 Å². The third-order valence-electron chi connectivity index (χ3n) is 5.99. The molecule has 0 amide bonds. The molecule has 204 valence electrons. The monoisotopic (exact) mass is 554 g/mol. The van der Waals surface area contributed by atoms with Gasteiger partial charge in [-0.25, -0.2) is 17.8 Å². The molecule has 1 aliphatic rings. The van der Waals surface area contributed by atoms with Crippen LogP contribution in [0.1, 0.15) is 11.7 Å². The fourth-order valence-electron chi connectivity index (χ4n) is 3.87. The van der Waals surface area contributed by atoms with Crippen molar-refractivity contribution in [1.82, 2.24) is 29.3 Å². The highest BCUT2D eigenvalue weighted by Gasteiger charge is 2.27.